The van der Waals surface area contributed by atoms with Gasteiger partial charge in [0.25, 0.3) is 17.7 Å². The molecule has 8 atom stereocenters. The van der Waals surface area contributed by atoms with E-state index in [9.17, 15) is 38.4 Å². The van der Waals surface area contributed by atoms with Crippen LogP contribution in [0, 0.1) is 29.1 Å². The van der Waals surface area contributed by atoms with Crippen molar-refractivity contribution in [2.45, 2.75) is 164 Å². The van der Waals surface area contributed by atoms with Crippen LogP contribution in [0.25, 0.3) is 0 Å². The maximum absolute atomic E-state index is 14.4. The Kier molecular flexibility index (Phi) is 32.5. The van der Waals surface area contributed by atoms with Crippen LogP contribution in [-0.4, -0.2) is 162 Å². The Morgan fingerprint density at radius 1 is 0.566 bits per heavy atom. The Morgan fingerprint density at radius 3 is 1.32 bits per heavy atom. The summed E-state index contributed by atoms with van der Waals surface area (Å²) in [5.74, 6) is -3.52. The Morgan fingerprint density at radius 2 is 0.961 bits per heavy atom. The van der Waals surface area contributed by atoms with Crippen molar-refractivity contribution in [2.75, 3.05) is 35.3 Å². The molecule has 0 aromatic heterocycles. The maximum atomic E-state index is 14.4. The molecule has 3 amide bonds. The van der Waals surface area contributed by atoms with Crippen molar-refractivity contribution in [1.82, 2.24) is 19.6 Å². The molecule has 0 fully saturated rings. The molecule has 4 unspecified atom stereocenters. The molecular formula is C57H89N5O14. The van der Waals surface area contributed by atoms with E-state index in [1.807, 2.05) is 71.9 Å². The van der Waals surface area contributed by atoms with Crippen LogP contribution >= 0.6 is 0 Å². The van der Waals surface area contributed by atoms with Gasteiger partial charge in [-0.15, -0.1) is 0 Å². The maximum Gasteiger partial charge on any atom is 0.510 e. The molecular weight excluding hydrogens is 979 g/mol. The molecule has 0 saturated carbocycles. The second kappa shape index (κ2) is 35.6. The molecule has 0 saturated heterocycles. The van der Waals surface area contributed by atoms with E-state index in [1.54, 1.807) is 30.3 Å². The minimum atomic E-state index is -1.43. The Hall–Kier alpha value is -6.63. The number of nitrogens with zero attached hydrogens (tertiary/aromatic N) is 4. The van der Waals surface area contributed by atoms with Crippen LogP contribution < -0.4 is 0 Å². The summed E-state index contributed by atoms with van der Waals surface area (Å²) in [5.41, 5.74) is 1.56. The lowest BCUT2D eigenvalue weighted by Crippen LogP contribution is -2.53. The molecule has 19 heteroatoms. The highest BCUT2D eigenvalue weighted by atomic mass is 16.7. The van der Waals surface area contributed by atoms with Gasteiger partial charge in [0.05, 0.1) is 12.3 Å². The summed E-state index contributed by atoms with van der Waals surface area (Å²) >= 11 is 0. The van der Waals surface area contributed by atoms with Gasteiger partial charge in [0.1, 0.15) is 36.4 Å². The lowest BCUT2D eigenvalue weighted by Gasteiger charge is -2.34. The first-order chi connectivity index (χ1) is 35.4. The lowest BCUT2D eigenvalue weighted by molar-refractivity contribution is -0.170. The monoisotopic (exact) mass is 1070 g/mol. The van der Waals surface area contributed by atoms with Gasteiger partial charge < -0.3 is 53.2 Å². The third kappa shape index (κ3) is 25.3. The predicted octanol–water partition coefficient (Wildman–Crippen LogP) is 7.86. The van der Waals surface area contributed by atoms with Crippen LogP contribution in [0.1, 0.15) is 113 Å². The second-order valence-electron chi connectivity index (χ2n) is 20.6. The van der Waals surface area contributed by atoms with E-state index >= 15 is 0 Å². The standard InChI is InChI=1S/C50H75N5O11.C4H10.C3H4O3/c1-31(2)25-39(30-56)53(11)45(57)36(9)65-50(62)41(27-33(5)6)55(13)47(59)43(29-38-23-19-16-20-24-38)66-48(60)34(7)52(10)44(51)35(8)64-49(61)40(26-32(3)4)54(12)46(58)42(63-14)28-37-21-17-15-18-22-37;1-4(2)3;1-2-6-3(4)5/h15-24,30-36,39-43,51H,25-29H2,1-14H3;4H,1-3H3;2H,1H2,(H,4,5)/t34-,35?,36?,39-,40-,41-,42?,43?;;/m0../s1. The van der Waals surface area contributed by atoms with Crippen molar-refractivity contribution in [2.24, 2.45) is 23.7 Å². The summed E-state index contributed by atoms with van der Waals surface area (Å²) in [4.78, 5) is 109. The van der Waals surface area contributed by atoms with Crippen molar-refractivity contribution >= 4 is 53.9 Å². The molecule has 0 bridgehead atoms. The van der Waals surface area contributed by atoms with Crippen molar-refractivity contribution in [3.8, 4) is 0 Å². The third-order valence-electron chi connectivity index (χ3n) is 11.7. The number of carbonyl (C=O) groups excluding carboxylic acids is 7. The molecule has 2 N–H and O–H groups in total. The van der Waals surface area contributed by atoms with Crippen molar-refractivity contribution < 1.29 is 67.1 Å². The number of aldehydes is 1. The van der Waals surface area contributed by atoms with E-state index in [1.165, 1.54) is 75.7 Å². The number of ether oxygens (including phenoxy) is 5. The number of hydrogen-bond acceptors (Lipinski definition) is 14. The predicted molar refractivity (Wildman–Crippen MR) is 291 cm³/mol. The van der Waals surface area contributed by atoms with Crippen LogP contribution in [-0.2, 0) is 70.1 Å². The van der Waals surface area contributed by atoms with Gasteiger partial charge in [-0.25, -0.2) is 19.2 Å². The molecule has 0 aliphatic rings. The SMILES string of the molecule is C=COC(=O)O.CC(C)C.COC(Cc1ccccc1)C(=O)N(C)[C@@H](CC(C)C)C(=O)OC(C)C(=N)N(C)[C@@H](C)C(=O)OC(Cc1ccccc1)C(=O)N(C)[C@@H](CC(C)C)C(=O)OC(C)C(=O)N(C)[C@H](C=O)CC(C)C. The fraction of sp³-hybridized carbons (Fsp3) is 0.596. The van der Waals surface area contributed by atoms with E-state index in [2.05, 4.69) is 32.1 Å². The zero-order valence-electron chi connectivity index (χ0n) is 48.1. The van der Waals surface area contributed by atoms with E-state index in [0.717, 1.165) is 17.7 Å². The molecule has 19 nitrogen and oxygen atoms in total. The average Bonchev–Trinajstić information content (AvgIpc) is 3.36. The smallest absolute Gasteiger partial charge is 0.453 e. The molecule has 2 rings (SSSR count). The van der Waals surface area contributed by atoms with Gasteiger partial charge in [-0.2, -0.15) is 0 Å². The van der Waals surface area contributed by atoms with Gasteiger partial charge in [-0.1, -0.05) is 130 Å². The summed E-state index contributed by atoms with van der Waals surface area (Å²) in [6.45, 7) is 25.3. The van der Waals surface area contributed by atoms with Crippen LogP contribution in [0.15, 0.2) is 73.5 Å². The number of benzene rings is 2. The molecule has 0 heterocycles. The molecule has 0 radical (unpaired) electrons. The first-order valence-electron chi connectivity index (χ1n) is 25.7. The quantitative estimate of drug-likeness (QED) is 0.0216. The summed E-state index contributed by atoms with van der Waals surface area (Å²) in [6, 6.07) is 14.2. The van der Waals surface area contributed by atoms with E-state index < -0.39 is 90.4 Å². The number of amidine groups is 1. The molecule has 76 heavy (non-hydrogen) atoms. The summed E-state index contributed by atoms with van der Waals surface area (Å²) in [6.07, 6.45) is -3.40. The largest absolute Gasteiger partial charge is 0.510 e. The van der Waals surface area contributed by atoms with Gasteiger partial charge in [-0.3, -0.25) is 19.8 Å². The molecule has 2 aromatic rings. The summed E-state index contributed by atoms with van der Waals surface area (Å²) in [7, 11) is 7.30. The van der Waals surface area contributed by atoms with Gasteiger partial charge in [-0.05, 0) is 74.8 Å². The Labute approximate surface area is 452 Å². The number of rotatable bonds is 27. The molecule has 2 aromatic carbocycles. The van der Waals surface area contributed by atoms with Gasteiger partial charge >= 0.3 is 24.1 Å². The minimum Gasteiger partial charge on any atom is -0.453 e. The molecule has 0 spiro atoms. The Bertz CT molecular complexity index is 2130. The number of methoxy groups -OCH3 is 1. The van der Waals surface area contributed by atoms with Crippen molar-refractivity contribution in [3.63, 3.8) is 0 Å². The van der Waals surface area contributed by atoms with Crippen LogP contribution in [0.4, 0.5) is 4.79 Å². The molecule has 0 aliphatic carbocycles. The number of hydrogen-bond donors (Lipinski definition) is 2. The Balaban J connectivity index is 0.00000511. The van der Waals surface area contributed by atoms with Crippen LogP contribution in [0.2, 0.25) is 0 Å². The first-order valence-corrected chi connectivity index (χ1v) is 25.7. The number of carboxylic acid groups (broad SMARTS) is 1. The number of likely N-dealkylation sites (N-methyl/N-ethyl adjacent to an activating group) is 4. The highest BCUT2D eigenvalue weighted by Crippen LogP contribution is 2.21. The third-order valence-corrected chi connectivity index (χ3v) is 11.7. The van der Waals surface area contributed by atoms with Crippen molar-refractivity contribution in [3.05, 3.63) is 84.6 Å². The van der Waals surface area contributed by atoms with Gasteiger partial charge in [0, 0.05) is 48.1 Å². The van der Waals surface area contributed by atoms with Gasteiger partial charge in [0.15, 0.2) is 18.3 Å². The summed E-state index contributed by atoms with van der Waals surface area (Å²) in [5, 5.41) is 16.6. The van der Waals surface area contributed by atoms with E-state index in [0.29, 0.717) is 24.7 Å². The topological polar surface area (TPSA) is 240 Å². The minimum absolute atomic E-state index is 0.00595. The molecule has 0 aliphatic heterocycles. The highest BCUT2D eigenvalue weighted by molar-refractivity contribution is 5.93. The molecule has 426 valence electrons. The number of amides is 3. The lowest BCUT2D eigenvalue weighted by atomic mass is 10.0. The zero-order valence-corrected chi connectivity index (χ0v) is 48.1. The van der Waals surface area contributed by atoms with Crippen LogP contribution in [0.3, 0.4) is 0 Å². The second-order valence-corrected chi connectivity index (χ2v) is 20.6. The van der Waals surface area contributed by atoms with Crippen molar-refractivity contribution in [1.29, 1.82) is 5.41 Å². The first kappa shape index (κ1) is 69.4. The number of esters is 3. The number of carbonyl (C=O) groups is 8. The van der Waals surface area contributed by atoms with Crippen LogP contribution in [0.5, 0.6) is 0 Å². The van der Waals surface area contributed by atoms with E-state index in [-0.39, 0.29) is 42.9 Å². The average molecular weight is 1070 g/mol. The van der Waals surface area contributed by atoms with Gasteiger partial charge in [0.2, 0.25) is 0 Å². The highest BCUT2D eigenvalue weighted by Gasteiger charge is 2.39. The fourth-order valence-corrected chi connectivity index (χ4v) is 7.40. The summed E-state index contributed by atoms with van der Waals surface area (Å²) < 4.78 is 26.6. The zero-order chi connectivity index (χ0) is 58.6. The fourth-order valence-electron chi connectivity index (χ4n) is 7.40. The number of nitrogens with one attached hydrogen (secondary N) is 1. The van der Waals surface area contributed by atoms with E-state index in [4.69, 9.17) is 29.5 Å². The normalized spacial score (nSPS) is 14.0.